The number of fused-ring (bicyclic) bond motifs is 3. The number of hydrogen-bond acceptors (Lipinski definition) is 2. The topological polar surface area (TPSA) is 0 Å². The number of hydrogen-bond donors (Lipinski definition) is 0. The van der Waals surface area contributed by atoms with E-state index in [0.29, 0.717) is 14.9 Å². The predicted octanol–water partition coefficient (Wildman–Crippen LogP) is 4.38. The Balaban J connectivity index is 2.12. The van der Waals surface area contributed by atoms with Gasteiger partial charge in [-0.25, -0.2) is 0 Å². The van der Waals surface area contributed by atoms with Crippen molar-refractivity contribution >= 4 is 39.5 Å². The van der Waals surface area contributed by atoms with Crippen LogP contribution in [0, 0.1) is 16.7 Å². The van der Waals surface area contributed by atoms with Gasteiger partial charge >= 0.3 is 0 Å². The number of alkyl halides is 1. The van der Waals surface area contributed by atoms with Gasteiger partial charge in [0.05, 0.1) is 4.08 Å². The van der Waals surface area contributed by atoms with Gasteiger partial charge in [-0.3, -0.25) is 0 Å². The van der Waals surface area contributed by atoms with Crippen molar-refractivity contribution in [1.29, 1.82) is 0 Å². The molecule has 0 radical (unpaired) electrons. The Morgan fingerprint density at radius 1 is 1.13 bits per heavy atom. The summed E-state index contributed by atoms with van der Waals surface area (Å²) in [6.45, 7) is 7.57. The van der Waals surface area contributed by atoms with Crippen LogP contribution in [0.25, 0.3) is 0 Å². The average molecular weight is 307 g/mol. The van der Waals surface area contributed by atoms with Crippen LogP contribution in [0.5, 0.6) is 0 Å². The van der Waals surface area contributed by atoms with Crippen molar-refractivity contribution < 1.29 is 0 Å². The van der Waals surface area contributed by atoms with E-state index in [4.69, 9.17) is 0 Å². The minimum absolute atomic E-state index is 0.486. The molecule has 0 N–H and O–H groups in total. The van der Waals surface area contributed by atoms with E-state index in [9.17, 15) is 0 Å². The number of halogens is 1. The van der Waals surface area contributed by atoms with E-state index in [1.54, 1.807) is 0 Å². The first-order valence-electron chi connectivity index (χ1n) is 5.88. The summed E-state index contributed by atoms with van der Waals surface area (Å²) >= 11 is 8.53. The van der Waals surface area contributed by atoms with Crippen molar-refractivity contribution in [1.82, 2.24) is 0 Å². The van der Waals surface area contributed by atoms with Crippen molar-refractivity contribution in [2.24, 2.45) is 16.7 Å². The van der Waals surface area contributed by atoms with E-state index in [1.807, 2.05) is 0 Å². The van der Waals surface area contributed by atoms with E-state index in [2.05, 4.69) is 60.2 Å². The molecule has 1 spiro atoms. The fourth-order valence-corrected chi connectivity index (χ4v) is 10.5. The molecule has 1 saturated heterocycles. The molecule has 3 aliphatic rings. The van der Waals surface area contributed by atoms with Crippen LogP contribution in [0.1, 0.15) is 33.6 Å². The van der Waals surface area contributed by atoms with Gasteiger partial charge in [0.2, 0.25) is 0 Å². The Bertz CT molecular complexity index is 293. The maximum atomic E-state index is 4.05. The predicted molar refractivity (Wildman–Crippen MR) is 75.0 cm³/mol. The molecule has 0 aromatic rings. The van der Waals surface area contributed by atoms with Crippen molar-refractivity contribution in [3.05, 3.63) is 0 Å². The van der Waals surface area contributed by atoms with Crippen LogP contribution in [0.4, 0.5) is 0 Å². The molecule has 0 amide bonds. The normalized spacial score (nSPS) is 50.4. The van der Waals surface area contributed by atoms with Gasteiger partial charge in [-0.1, -0.05) is 36.7 Å². The lowest BCUT2D eigenvalue weighted by Gasteiger charge is -2.46. The molecule has 0 nitrogen and oxygen atoms in total. The summed E-state index contributed by atoms with van der Waals surface area (Å²) < 4.78 is 0.486. The lowest BCUT2D eigenvalue weighted by Crippen LogP contribution is -2.44. The Morgan fingerprint density at radius 3 is 2.20 bits per heavy atom. The molecule has 3 heteroatoms. The molecular weight excluding hydrogens is 288 g/mol. The Hall–Kier alpha value is 1.18. The molecule has 86 valence electrons. The van der Waals surface area contributed by atoms with Gasteiger partial charge in [0.1, 0.15) is 0 Å². The van der Waals surface area contributed by atoms with Gasteiger partial charge in [-0.05, 0) is 29.6 Å². The zero-order chi connectivity index (χ0) is 10.9. The van der Waals surface area contributed by atoms with Crippen LogP contribution in [-0.2, 0) is 0 Å². The second kappa shape index (κ2) is 3.14. The minimum atomic E-state index is 0.486. The summed E-state index contributed by atoms with van der Waals surface area (Å²) in [6, 6.07) is 0. The van der Waals surface area contributed by atoms with Crippen molar-refractivity contribution in [3.8, 4) is 0 Å². The molecule has 0 aromatic carbocycles. The summed E-state index contributed by atoms with van der Waals surface area (Å²) in [6.07, 6.45) is 2.87. The zero-order valence-corrected chi connectivity index (χ0v) is 12.9. The lowest BCUT2D eigenvalue weighted by molar-refractivity contribution is 0.149. The first-order chi connectivity index (χ1) is 6.96. The largest absolute Gasteiger partial charge is 0.142 e. The second-order valence-corrected chi connectivity index (χ2v) is 9.89. The molecule has 2 saturated carbocycles. The van der Waals surface area contributed by atoms with Crippen LogP contribution in [0.3, 0.4) is 0 Å². The molecule has 1 heterocycles. The highest BCUT2D eigenvalue weighted by molar-refractivity contribution is 9.09. The van der Waals surface area contributed by atoms with Gasteiger partial charge in [-0.2, -0.15) is 0 Å². The van der Waals surface area contributed by atoms with Crippen LogP contribution in [0.2, 0.25) is 0 Å². The lowest BCUT2D eigenvalue weighted by atomic mass is 9.70. The van der Waals surface area contributed by atoms with Gasteiger partial charge in [-0.15, -0.1) is 23.5 Å². The van der Waals surface area contributed by atoms with Crippen molar-refractivity contribution in [2.45, 2.75) is 42.5 Å². The fraction of sp³-hybridized carbons (Fsp3) is 1.00. The quantitative estimate of drug-likeness (QED) is 0.609. The van der Waals surface area contributed by atoms with Crippen molar-refractivity contribution in [2.75, 3.05) is 11.5 Å². The van der Waals surface area contributed by atoms with E-state index in [1.165, 1.54) is 24.3 Å². The zero-order valence-electron chi connectivity index (χ0n) is 9.68. The maximum absolute atomic E-state index is 4.05. The SMILES string of the molecule is CC1(C)C2CCC1(C)C1(SCCS1)C2Br. The summed E-state index contributed by atoms with van der Waals surface area (Å²) in [4.78, 5) is 0.733. The Morgan fingerprint density at radius 2 is 1.73 bits per heavy atom. The average Bonchev–Trinajstić information content (AvgIpc) is 2.74. The Labute approximate surface area is 110 Å². The monoisotopic (exact) mass is 306 g/mol. The fourth-order valence-electron chi connectivity index (χ4n) is 4.15. The Kier molecular flexibility index (Phi) is 2.36. The van der Waals surface area contributed by atoms with Gasteiger partial charge in [0.25, 0.3) is 0 Å². The van der Waals surface area contributed by atoms with Crippen LogP contribution < -0.4 is 0 Å². The van der Waals surface area contributed by atoms with E-state index < -0.39 is 0 Å². The first kappa shape index (κ1) is 11.3. The molecule has 2 aliphatic carbocycles. The summed E-state index contributed by atoms with van der Waals surface area (Å²) in [5.74, 6) is 3.59. The van der Waals surface area contributed by atoms with E-state index >= 15 is 0 Å². The van der Waals surface area contributed by atoms with E-state index in [-0.39, 0.29) is 0 Å². The third kappa shape index (κ3) is 1.05. The smallest absolute Gasteiger partial charge is 0.0797 e. The summed E-state index contributed by atoms with van der Waals surface area (Å²) in [7, 11) is 0. The van der Waals surface area contributed by atoms with Gasteiger partial charge in [0, 0.05) is 16.3 Å². The minimum Gasteiger partial charge on any atom is -0.142 e. The van der Waals surface area contributed by atoms with Crippen LogP contribution >= 0.6 is 39.5 Å². The van der Waals surface area contributed by atoms with Crippen molar-refractivity contribution in [3.63, 3.8) is 0 Å². The maximum Gasteiger partial charge on any atom is 0.0797 e. The molecule has 0 aromatic heterocycles. The molecule has 3 unspecified atom stereocenters. The van der Waals surface area contributed by atoms with Crippen LogP contribution in [0.15, 0.2) is 0 Å². The molecule has 3 rings (SSSR count). The van der Waals surface area contributed by atoms with Crippen LogP contribution in [-0.4, -0.2) is 20.4 Å². The molecule has 3 fully saturated rings. The number of thioether (sulfide) groups is 2. The highest BCUT2D eigenvalue weighted by Crippen LogP contribution is 2.79. The number of rotatable bonds is 0. The molecular formula is C12H19BrS2. The summed E-state index contributed by atoms with van der Waals surface area (Å²) in [5.41, 5.74) is 1.05. The van der Waals surface area contributed by atoms with Gasteiger partial charge < -0.3 is 0 Å². The third-order valence-corrected chi connectivity index (χ3v) is 11.5. The molecule has 1 aliphatic heterocycles. The summed E-state index contributed by atoms with van der Waals surface area (Å²) in [5, 5.41) is 0. The third-order valence-electron chi connectivity index (χ3n) is 5.51. The standard InChI is InChI=1S/C12H19BrS2/c1-10(2)8-4-5-11(10,3)12(9(8)13)14-6-7-15-12/h8-9H,4-7H2,1-3H3. The van der Waals surface area contributed by atoms with Gasteiger partial charge in [0.15, 0.2) is 0 Å². The van der Waals surface area contributed by atoms with E-state index in [0.717, 1.165) is 10.7 Å². The molecule has 2 bridgehead atoms. The highest BCUT2D eigenvalue weighted by Gasteiger charge is 2.74. The first-order valence-corrected chi connectivity index (χ1v) is 8.76. The molecule has 15 heavy (non-hydrogen) atoms. The second-order valence-electron chi connectivity index (χ2n) is 5.97. The molecule has 3 atom stereocenters. The highest BCUT2D eigenvalue weighted by atomic mass is 79.9.